The van der Waals surface area contributed by atoms with Crippen molar-refractivity contribution in [2.45, 2.75) is 29.8 Å². The molecule has 3 rings (SSSR count). The van der Waals surface area contributed by atoms with E-state index in [9.17, 15) is 4.79 Å². The van der Waals surface area contributed by atoms with E-state index in [0.29, 0.717) is 6.04 Å². The molecule has 1 aliphatic rings. The Morgan fingerprint density at radius 3 is 3.16 bits per heavy atom. The Kier molecular flexibility index (Phi) is 3.29. The van der Waals surface area contributed by atoms with E-state index in [1.165, 1.54) is 0 Å². The van der Waals surface area contributed by atoms with Gasteiger partial charge in [-0.3, -0.25) is 4.57 Å². The number of anilines is 1. The first-order valence-corrected chi connectivity index (χ1v) is 7.19. The number of thioether (sulfide) groups is 1. The van der Waals surface area contributed by atoms with Crippen molar-refractivity contribution in [3.63, 3.8) is 0 Å². The van der Waals surface area contributed by atoms with Gasteiger partial charge >= 0.3 is 5.69 Å². The molecule has 1 saturated carbocycles. The summed E-state index contributed by atoms with van der Waals surface area (Å²) in [6, 6.07) is 4.32. The third-order valence-corrected chi connectivity index (χ3v) is 4.06. The van der Waals surface area contributed by atoms with Crippen molar-refractivity contribution in [1.82, 2.24) is 19.7 Å². The normalized spacial score (nSPS) is 14.6. The lowest BCUT2D eigenvalue weighted by Crippen LogP contribution is -2.16. The molecular formula is C12H15N5OS. The summed E-state index contributed by atoms with van der Waals surface area (Å²) in [4.78, 5) is 15.8. The van der Waals surface area contributed by atoms with E-state index in [4.69, 9.17) is 0 Å². The number of pyridine rings is 1. The van der Waals surface area contributed by atoms with Gasteiger partial charge in [-0.05, 0) is 30.5 Å². The van der Waals surface area contributed by atoms with Crippen LogP contribution in [0, 0.1) is 0 Å². The highest BCUT2D eigenvalue weighted by molar-refractivity contribution is 7.98. The topological polar surface area (TPSA) is 75.6 Å². The molecule has 0 aromatic carbocycles. The van der Waals surface area contributed by atoms with Crippen LogP contribution in [0.2, 0.25) is 0 Å². The number of aromatic nitrogens is 4. The van der Waals surface area contributed by atoms with Crippen LogP contribution in [0.3, 0.4) is 0 Å². The van der Waals surface area contributed by atoms with Gasteiger partial charge in [0.1, 0.15) is 5.82 Å². The van der Waals surface area contributed by atoms with Gasteiger partial charge in [0.2, 0.25) is 0 Å². The van der Waals surface area contributed by atoms with E-state index >= 15 is 0 Å². The summed E-state index contributed by atoms with van der Waals surface area (Å²) < 4.78 is 1.77. The number of nitrogens with one attached hydrogen (secondary N) is 2. The summed E-state index contributed by atoms with van der Waals surface area (Å²) >= 11 is 1.57. The predicted molar refractivity (Wildman–Crippen MR) is 74.5 cm³/mol. The van der Waals surface area contributed by atoms with Crippen LogP contribution in [0.4, 0.5) is 5.82 Å². The quantitative estimate of drug-likeness (QED) is 0.813. The van der Waals surface area contributed by atoms with Gasteiger partial charge in [0.25, 0.3) is 0 Å². The van der Waals surface area contributed by atoms with Crippen molar-refractivity contribution in [3.05, 3.63) is 34.4 Å². The molecule has 0 spiro atoms. The molecule has 0 saturated heterocycles. The van der Waals surface area contributed by atoms with Gasteiger partial charge < -0.3 is 5.32 Å². The lowest BCUT2D eigenvalue weighted by atomic mass is 10.3. The highest BCUT2D eigenvalue weighted by Gasteiger charge is 2.28. The molecule has 1 fully saturated rings. The van der Waals surface area contributed by atoms with E-state index in [0.717, 1.165) is 35.1 Å². The van der Waals surface area contributed by atoms with Gasteiger partial charge in [-0.15, -0.1) is 5.10 Å². The standard InChI is InChI=1S/C12H15N5OS/c1-13-10-6-8(4-5-14-10)7-19-12-16-15-11(18)17(12)9-2-3-9/h4-6,9H,2-3,7H2,1H3,(H,13,14)(H,15,18). The van der Waals surface area contributed by atoms with Gasteiger partial charge in [-0.25, -0.2) is 14.9 Å². The monoisotopic (exact) mass is 277 g/mol. The van der Waals surface area contributed by atoms with Gasteiger partial charge in [-0.1, -0.05) is 11.8 Å². The molecule has 0 amide bonds. The number of hydrogen-bond acceptors (Lipinski definition) is 5. The van der Waals surface area contributed by atoms with Gasteiger partial charge in [0.15, 0.2) is 5.16 Å². The molecule has 1 aliphatic carbocycles. The highest BCUT2D eigenvalue weighted by atomic mass is 32.2. The smallest absolute Gasteiger partial charge is 0.344 e. The first kappa shape index (κ1) is 12.3. The van der Waals surface area contributed by atoms with Crippen molar-refractivity contribution in [1.29, 1.82) is 0 Å². The van der Waals surface area contributed by atoms with E-state index < -0.39 is 0 Å². The average Bonchev–Trinajstić information content (AvgIpc) is 3.20. The van der Waals surface area contributed by atoms with Crippen LogP contribution in [-0.2, 0) is 5.75 Å². The summed E-state index contributed by atoms with van der Waals surface area (Å²) in [6.07, 6.45) is 3.93. The highest BCUT2D eigenvalue weighted by Crippen LogP contribution is 2.36. The minimum Gasteiger partial charge on any atom is -0.373 e. The SMILES string of the molecule is CNc1cc(CSc2n[nH]c(=O)n2C2CC2)ccn1. The molecule has 0 atom stereocenters. The zero-order chi connectivity index (χ0) is 13.2. The Morgan fingerprint density at radius 2 is 2.42 bits per heavy atom. The summed E-state index contributed by atoms with van der Waals surface area (Å²) in [6.45, 7) is 0. The maximum Gasteiger partial charge on any atom is 0.344 e. The molecule has 0 unspecified atom stereocenters. The second-order valence-corrected chi connectivity index (χ2v) is 5.44. The Morgan fingerprint density at radius 1 is 1.58 bits per heavy atom. The third kappa shape index (κ3) is 2.65. The maximum atomic E-state index is 11.6. The predicted octanol–water partition coefficient (Wildman–Crippen LogP) is 1.64. The zero-order valence-corrected chi connectivity index (χ0v) is 11.4. The van der Waals surface area contributed by atoms with E-state index in [1.807, 2.05) is 19.2 Å². The number of aromatic amines is 1. The van der Waals surface area contributed by atoms with Crippen LogP contribution >= 0.6 is 11.8 Å². The molecule has 100 valence electrons. The largest absolute Gasteiger partial charge is 0.373 e. The van der Waals surface area contributed by atoms with Gasteiger partial charge in [-0.2, -0.15) is 0 Å². The van der Waals surface area contributed by atoms with Gasteiger partial charge in [0, 0.05) is 25.0 Å². The molecule has 2 aromatic heterocycles. The fraction of sp³-hybridized carbons (Fsp3) is 0.417. The summed E-state index contributed by atoms with van der Waals surface area (Å²) in [5.41, 5.74) is 1.05. The number of H-pyrrole nitrogens is 1. The maximum absolute atomic E-state index is 11.6. The van der Waals surface area contributed by atoms with Gasteiger partial charge in [0.05, 0.1) is 0 Å². The zero-order valence-electron chi connectivity index (χ0n) is 10.6. The van der Waals surface area contributed by atoms with Crippen molar-refractivity contribution in [3.8, 4) is 0 Å². The van der Waals surface area contributed by atoms with Crippen LogP contribution < -0.4 is 11.0 Å². The van der Waals surface area contributed by atoms with Crippen molar-refractivity contribution >= 4 is 17.6 Å². The first-order valence-electron chi connectivity index (χ1n) is 6.20. The number of hydrogen-bond donors (Lipinski definition) is 2. The molecular weight excluding hydrogens is 262 g/mol. The molecule has 2 heterocycles. The van der Waals surface area contributed by atoms with Crippen molar-refractivity contribution in [2.24, 2.45) is 0 Å². The van der Waals surface area contributed by atoms with E-state index in [-0.39, 0.29) is 5.69 Å². The molecule has 7 heteroatoms. The Hall–Kier alpha value is -1.76. The van der Waals surface area contributed by atoms with Crippen molar-refractivity contribution in [2.75, 3.05) is 12.4 Å². The molecule has 19 heavy (non-hydrogen) atoms. The molecule has 0 radical (unpaired) electrons. The summed E-state index contributed by atoms with van der Waals surface area (Å²) in [5.74, 6) is 1.62. The Balaban J connectivity index is 1.73. The molecule has 0 aliphatic heterocycles. The lowest BCUT2D eigenvalue weighted by Gasteiger charge is -2.05. The van der Waals surface area contributed by atoms with Crippen LogP contribution in [0.15, 0.2) is 28.3 Å². The third-order valence-electron chi connectivity index (χ3n) is 3.03. The number of rotatable bonds is 5. The fourth-order valence-electron chi connectivity index (χ4n) is 1.90. The molecule has 0 bridgehead atoms. The van der Waals surface area contributed by atoms with E-state index in [2.05, 4.69) is 20.5 Å². The Labute approximate surface area is 114 Å². The molecule has 2 N–H and O–H groups in total. The van der Waals surface area contributed by atoms with Crippen LogP contribution in [-0.4, -0.2) is 26.8 Å². The molecule has 6 nitrogen and oxygen atoms in total. The average molecular weight is 277 g/mol. The minimum absolute atomic E-state index is 0.101. The van der Waals surface area contributed by atoms with Crippen LogP contribution in [0.5, 0.6) is 0 Å². The lowest BCUT2D eigenvalue weighted by molar-refractivity contribution is 0.642. The number of nitrogens with zero attached hydrogens (tertiary/aromatic N) is 3. The first-order chi connectivity index (χ1) is 9.28. The van der Waals surface area contributed by atoms with Crippen LogP contribution in [0.1, 0.15) is 24.4 Å². The van der Waals surface area contributed by atoms with Crippen LogP contribution in [0.25, 0.3) is 0 Å². The summed E-state index contributed by atoms with van der Waals surface area (Å²) in [5, 5.41) is 10.4. The minimum atomic E-state index is -0.101. The second kappa shape index (κ2) is 5.08. The summed E-state index contributed by atoms with van der Waals surface area (Å²) in [7, 11) is 1.84. The fourth-order valence-corrected chi connectivity index (χ4v) is 2.85. The Bertz CT molecular complexity index is 631. The van der Waals surface area contributed by atoms with E-state index in [1.54, 1.807) is 22.5 Å². The van der Waals surface area contributed by atoms with Crippen molar-refractivity contribution < 1.29 is 0 Å². The second-order valence-electron chi connectivity index (χ2n) is 4.50. The molecule has 2 aromatic rings.